The van der Waals surface area contributed by atoms with E-state index in [0.717, 1.165) is 0 Å². The van der Waals surface area contributed by atoms with E-state index in [1.165, 1.54) is 6.92 Å². The molecule has 2 aliphatic rings. The minimum absolute atomic E-state index is 0.00290. The Hall–Kier alpha value is -0.140. The highest BCUT2D eigenvalue weighted by atomic mass is 79.9. The van der Waals surface area contributed by atoms with Crippen LogP contribution in [0.4, 0.5) is 0 Å². The van der Waals surface area contributed by atoms with E-state index in [-0.39, 0.29) is 39.5 Å². The maximum Gasteiger partial charge on any atom is 0.307 e. The van der Waals surface area contributed by atoms with Crippen molar-refractivity contribution in [3.8, 4) is 0 Å². The zero-order valence-corrected chi connectivity index (χ0v) is 15.1. The van der Waals surface area contributed by atoms with E-state index in [1.807, 2.05) is 6.92 Å². The van der Waals surface area contributed by atoms with E-state index >= 15 is 0 Å². The van der Waals surface area contributed by atoms with Gasteiger partial charge in [0, 0.05) is 28.9 Å². The molecule has 0 aromatic heterocycles. The fourth-order valence-electron chi connectivity index (χ4n) is 3.91. The van der Waals surface area contributed by atoms with Crippen molar-refractivity contribution in [2.75, 3.05) is 0 Å². The molecule has 8 atom stereocenters. The lowest BCUT2D eigenvalue weighted by Crippen LogP contribution is -2.57. The fourth-order valence-corrected chi connectivity index (χ4v) is 5.68. The van der Waals surface area contributed by atoms with Crippen molar-refractivity contribution in [2.45, 2.75) is 48.6 Å². The summed E-state index contributed by atoms with van der Waals surface area (Å²) in [4.78, 5) is 22.8. The van der Waals surface area contributed by atoms with Crippen LogP contribution in [0.1, 0.15) is 26.7 Å². The molecule has 2 fully saturated rings. The molecule has 0 bridgehead atoms. The Morgan fingerprint density at radius 2 is 1.81 bits per heavy atom. The molecule has 7 heteroatoms. The molecule has 0 aromatic carbocycles. The van der Waals surface area contributed by atoms with E-state index in [0.29, 0.717) is 12.8 Å². The van der Waals surface area contributed by atoms with Crippen molar-refractivity contribution in [1.29, 1.82) is 0 Å². The van der Waals surface area contributed by atoms with Gasteiger partial charge in [0.05, 0.1) is 12.0 Å². The topological polar surface area (TPSA) is 83.8 Å². The molecule has 0 saturated heterocycles. The number of hydrogen-bond acceptors (Lipinski definition) is 4. The number of aliphatic hydroxyl groups excluding tert-OH is 1. The van der Waals surface area contributed by atoms with Crippen LogP contribution in [-0.4, -0.2) is 44.0 Å². The van der Waals surface area contributed by atoms with E-state index in [9.17, 15) is 19.8 Å². The Bertz CT molecular complexity index is 430. The van der Waals surface area contributed by atoms with Gasteiger partial charge in [-0.1, -0.05) is 38.8 Å². The fraction of sp³-hybridized carbons (Fsp3) is 0.857. The first-order chi connectivity index (χ1) is 9.73. The van der Waals surface area contributed by atoms with Gasteiger partial charge in [-0.15, -0.1) is 0 Å². The van der Waals surface area contributed by atoms with Gasteiger partial charge < -0.3 is 14.9 Å². The summed E-state index contributed by atoms with van der Waals surface area (Å²) in [7, 11) is 0. The molecule has 21 heavy (non-hydrogen) atoms. The van der Waals surface area contributed by atoms with E-state index in [2.05, 4.69) is 31.9 Å². The molecule has 2 saturated carbocycles. The highest BCUT2D eigenvalue weighted by Gasteiger charge is 2.55. The minimum Gasteiger partial charge on any atom is -0.481 e. The zero-order chi connectivity index (χ0) is 15.9. The number of alkyl halides is 2. The molecule has 2 rings (SSSR count). The quantitative estimate of drug-likeness (QED) is 0.521. The monoisotopic (exact) mass is 426 g/mol. The van der Waals surface area contributed by atoms with Crippen LogP contribution in [0, 0.1) is 23.7 Å². The summed E-state index contributed by atoms with van der Waals surface area (Å²) in [6.45, 7) is 3.24. The maximum absolute atomic E-state index is 11.6. The first-order valence-corrected chi connectivity index (χ1v) is 8.93. The standard InChI is InChI=1S/C14H20Br2O5/c1-5-10(14(19)20)11-8(13(16)12(5)15)3-7(4-9(11)18)21-6(2)17/h5,7-13,18H,3-4H2,1-2H3,(H,19,20). The Labute approximate surface area is 140 Å². The second-order valence-corrected chi connectivity index (χ2v) is 8.24. The highest BCUT2D eigenvalue weighted by Crippen LogP contribution is 2.51. The third-order valence-corrected chi connectivity index (χ3v) is 8.15. The van der Waals surface area contributed by atoms with Crippen molar-refractivity contribution in [1.82, 2.24) is 0 Å². The largest absolute Gasteiger partial charge is 0.481 e. The number of esters is 1. The second-order valence-electron chi connectivity index (χ2n) is 6.12. The smallest absolute Gasteiger partial charge is 0.307 e. The molecular weight excluding hydrogens is 408 g/mol. The number of carboxylic acid groups (broad SMARTS) is 1. The number of carbonyl (C=O) groups is 2. The maximum atomic E-state index is 11.6. The molecule has 2 aliphatic carbocycles. The SMILES string of the molecule is CC(=O)OC1CC(O)C2C(C1)C(Br)C(Br)C(C)C2C(=O)O. The Balaban J connectivity index is 2.27. The lowest BCUT2D eigenvalue weighted by molar-refractivity contribution is -0.165. The third-order valence-electron chi connectivity index (χ3n) is 4.79. The van der Waals surface area contributed by atoms with Gasteiger partial charge in [0.2, 0.25) is 0 Å². The molecule has 0 radical (unpaired) electrons. The molecule has 5 nitrogen and oxygen atoms in total. The Morgan fingerprint density at radius 3 is 2.33 bits per heavy atom. The number of rotatable bonds is 2. The van der Waals surface area contributed by atoms with Gasteiger partial charge in [-0.05, 0) is 18.3 Å². The second kappa shape index (κ2) is 6.54. The first kappa shape index (κ1) is 17.2. The molecule has 0 spiro atoms. The molecule has 120 valence electrons. The predicted octanol–water partition coefficient (Wildman–Crippen LogP) is 2.18. The number of ether oxygens (including phenoxy) is 1. The Morgan fingerprint density at radius 1 is 1.19 bits per heavy atom. The number of aliphatic hydroxyl groups is 1. The van der Waals surface area contributed by atoms with Crippen LogP contribution in [0.25, 0.3) is 0 Å². The highest BCUT2D eigenvalue weighted by molar-refractivity contribution is 9.12. The van der Waals surface area contributed by atoms with Crippen molar-refractivity contribution in [3.05, 3.63) is 0 Å². The van der Waals surface area contributed by atoms with Crippen LogP contribution in [0.3, 0.4) is 0 Å². The molecule has 0 heterocycles. The molecule has 0 amide bonds. The van der Waals surface area contributed by atoms with Crippen LogP contribution in [0.2, 0.25) is 0 Å². The van der Waals surface area contributed by atoms with E-state index in [1.54, 1.807) is 0 Å². The van der Waals surface area contributed by atoms with Gasteiger partial charge in [0.15, 0.2) is 0 Å². The molecule has 8 unspecified atom stereocenters. The molecule has 2 N–H and O–H groups in total. The summed E-state index contributed by atoms with van der Waals surface area (Å²) in [5.74, 6) is -2.28. The summed E-state index contributed by atoms with van der Waals surface area (Å²) in [6, 6.07) is 0. The van der Waals surface area contributed by atoms with Crippen molar-refractivity contribution >= 4 is 43.8 Å². The van der Waals surface area contributed by atoms with Gasteiger partial charge >= 0.3 is 11.9 Å². The van der Waals surface area contributed by atoms with Crippen LogP contribution in [-0.2, 0) is 14.3 Å². The van der Waals surface area contributed by atoms with Gasteiger partial charge in [-0.3, -0.25) is 9.59 Å². The van der Waals surface area contributed by atoms with Crippen LogP contribution >= 0.6 is 31.9 Å². The van der Waals surface area contributed by atoms with Gasteiger partial charge in [0.25, 0.3) is 0 Å². The van der Waals surface area contributed by atoms with Crippen molar-refractivity contribution in [3.63, 3.8) is 0 Å². The summed E-state index contributed by atoms with van der Waals surface area (Å²) >= 11 is 7.22. The summed E-state index contributed by atoms with van der Waals surface area (Å²) in [5, 5.41) is 20.0. The predicted molar refractivity (Wildman–Crippen MR) is 83.5 cm³/mol. The molecule has 0 aliphatic heterocycles. The normalized spacial score (nSPS) is 46.5. The van der Waals surface area contributed by atoms with Crippen molar-refractivity contribution < 1.29 is 24.5 Å². The average molecular weight is 428 g/mol. The average Bonchev–Trinajstić information content (AvgIpc) is 2.36. The summed E-state index contributed by atoms with van der Waals surface area (Å²) in [5.41, 5.74) is 0. The number of carboxylic acids is 1. The third kappa shape index (κ3) is 3.29. The number of aliphatic carboxylic acids is 1. The summed E-state index contributed by atoms with van der Waals surface area (Å²) in [6.07, 6.45) is -0.224. The van der Waals surface area contributed by atoms with Gasteiger partial charge in [-0.2, -0.15) is 0 Å². The zero-order valence-electron chi connectivity index (χ0n) is 11.9. The number of fused-ring (bicyclic) bond motifs is 1. The number of hydrogen-bond donors (Lipinski definition) is 2. The van der Waals surface area contributed by atoms with Crippen molar-refractivity contribution in [2.24, 2.45) is 23.7 Å². The van der Waals surface area contributed by atoms with Gasteiger partial charge in [-0.25, -0.2) is 0 Å². The minimum atomic E-state index is -0.869. The van der Waals surface area contributed by atoms with Crippen LogP contribution < -0.4 is 0 Å². The lowest BCUT2D eigenvalue weighted by Gasteiger charge is -2.51. The first-order valence-electron chi connectivity index (χ1n) is 7.10. The van der Waals surface area contributed by atoms with Crippen LogP contribution in [0.5, 0.6) is 0 Å². The Kier molecular flexibility index (Phi) is 5.36. The van der Waals surface area contributed by atoms with Crippen LogP contribution in [0.15, 0.2) is 0 Å². The van der Waals surface area contributed by atoms with E-state index < -0.39 is 18.0 Å². The van der Waals surface area contributed by atoms with Gasteiger partial charge in [0.1, 0.15) is 6.10 Å². The summed E-state index contributed by atoms with van der Waals surface area (Å²) < 4.78 is 5.23. The number of halogens is 2. The van der Waals surface area contributed by atoms with E-state index in [4.69, 9.17) is 4.74 Å². The molecule has 0 aromatic rings. The lowest BCUT2D eigenvalue weighted by atomic mass is 9.60. The molecular formula is C14H20Br2O5. The number of carbonyl (C=O) groups excluding carboxylic acids is 1.